The third kappa shape index (κ3) is 4.00. The fourth-order valence-electron chi connectivity index (χ4n) is 1.79. The molecule has 0 aliphatic carbocycles. The highest BCUT2D eigenvalue weighted by molar-refractivity contribution is 9.10. The Morgan fingerprint density at radius 1 is 1.41 bits per heavy atom. The molecule has 0 heterocycles. The second-order valence-corrected chi connectivity index (χ2v) is 5.22. The van der Waals surface area contributed by atoms with Crippen molar-refractivity contribution in [3.63, 3.8) is 0 Å². The van der Waals surface area contributed by atoms with Gasteiger partial charge >= 0.3 is 0 Å². The molecular weight excluding hydrogens is 278 g/mol. The number of benzene rings is 1. The van der Waals surface area contributed by atoms with E-state index in [-0.39, 0.29) is 17.7 Å². The standard InChI is InChI=1S/C14H18BrNO/c1-4-9-16-14(17)13(10(2)3)11-5-7-12(15)8-6-11/h4-8,10,13H,1,9H2,2-3H3,(H,16,17). The summed E-state index contributed by atoms with van der Waals surface area (Å²) in [6, 6.07) is 7.90. The van der Waals surface area contributed by atoms with E-state index in [1.807, 2.05) is 24.3 Å². The van der Waals surface area contributed by atoms with Gasteiger partial charge < -0.3 is 5.32 Å². The Morgan fingerprint density at radius 3 is 2.47 bits per heavy atom. The predicted molar refractivity (Wildman–Crippen MR) is 74.9 cm³/mol. The van der Waals surface area contributed by atoms with Gasteiger partial charge in [0, 0.05) is 11.0 Å². The highest BCUT2D eigenvalue weighted by Gasteiger charge is 2.23. The van der Waals surface area contributed by atoms with Crippen LogP contribution in [0.1, 0.15) is 25.3 Å². The Hall–Kier alpha value is -1.09. The summed E-state index contributed by atoms with van der Waals surface area (Å²) in [5, 5.41) is 2.86. The monoisotopic (exact) mass is 295 g/mol. The van der Waals surface area contributed by atoms with Crippen LogP contribution in [0.15, 0.2) is 41.4 Å². The molecule has 0 aromatic heterocycles. The van der Waals surface area contributed by atoms with Crippen LogP contribution in [-0.4, -0.2) is 12.5 Å². The molecule has 0 bridgehead atoms. The summed E-state index contributed by atoms with van der Waals surface area (Å²) in [7, 11) is 0. The van der Waals surface area contributed by atoms with Gasteiger partial charge in [0.2, 0.25) is 5.91 Å². The maximum absolute atomic E-state index is 12.1. The summed E-state index contributed by atoms with van der Waals surface area (Å²) < 4.78 is 1.02. The molecule has 92 valence electrons. The normalized spacial score (nSPS) is 12.2. The topological polar surface area (TPSA) is 29.1 Å². The number of hydrogen-bond donors (Lipinski definition) is 1. The molecule has 1 rings (SSSR count). The smallest absolute Gasteiger partial charge is 0.228 e. The van der Waals surface area contributed by atoms with Crippen LogP contribution in [0, 0.1) is 5.92 Å². The van der Waals surface area contributed by atoms with Crippen LogP contribution in [-0.2, 0) is 4.79 Å². The molecule has 2 nitrogen and oxygen atoms in total. The van der Waals surface area contributed by atoms with Crippen molar-refractivity contribution in [1.29, 1.82) is 0 Å². The van der Waals surface area contributed by atoms with E-state index in [1.165, 1.54) is 0 Å². The first-order valence-corrected chi connectivity index (χ1v) is 6.49. The van der Waals surface area contributed by atoms with Gasteiger partial charge in [0.15, 0.2) is 0 Å². The number of nitrogens with one attached hydrogen (secondary N) is 1. The van der Waals surface area contributed by atoms with E-state index in [4.69, 9.17) is 0 Å². The van der Waals surface area contributed by atoms with Crippen molar-refractivity contribution in [2.75, 3.05) is 6.54 Å². The van der Waals surface area contributed by atoms with E-state index in [0.29, 0.717) is 6.54 Å². The highest BCUT2D eigenvalue weighted by Crippen LogP contribution is 2.25. The van der Waals surface area contributed by atoms with E-state index in [2.05, 4.69) is 41.7 Å². The third-order valence-electron chi connectivity index (χ3n) is 2.60. The number of hydrogen-bond acceptors (Lipinski definition) is 1. The molecule has 0 radical (unpaired) electrons. The summed E-state index contributed by atoms with van der Waals surface area (Å²) >= 11 is 3.40. The van der Waals surface area contributed by atoms with Gasteiger partial charge in [-0.25, -0.2) is 0 Å². The predicted octanol–water partition coefficient (Wildman–Crippen LogP) is 3.49. The molecule has 0 aliphatic rings. The molecule has 1 aromatic rings. The van der Waals surface area contributed by atoms with Crippen molar-refractivity contribution >= 4 is 21.8 Å². The molecule has 0 saturated carbocycles. The summed E-state index contributed by atoms with van der Waals surface area (Å²) in [5.41, 5.74) is 1.05. The SMILES string of the molecule is C=CCNC(=O)C(c1ccc(Br)cc1)C(C)C. The lowest BCUT2D eigenvalue weighted by Gasteiger charge is -2.20. The van der Waals surface area contributed by atoms with Crippen LogP contribution in [0.3, 0.4) is 0 Å². The Morgan fingerprint density at radius 2 is 2.00 bits per heavy atom. The number of rotatable bonds is 5. The molecule has 1 N–H and O–H groups in total. The second kappa shape index (κ2) is 6.60. The Labute approximate surface area is 111 Å². The lowest BCUT2D eigenvalue weighted by Crippen LogP contribution is -2.32. The zero-order valence-corrected chi connectivity index (χ0v) is 11.8. The Balaban J connectivity index is 2.89. The fourth-order valence-corrected chi connectivity index (χ4v) is 2.06. The van der Waals surface area contributed by atoms with Crippen molar-refractivity contribution in [2.45, 2.75) is 19.8 Å². The molecular formula is C14H18BrNO. The lowest BCUT2D eigenvalue weighted by atomic mass is 9.88. The molecule has 3 heteroatoms. The number of amides is 1. The van der Waals surface area contributed by atoms with Crippen LogP contribution in [0.2, 0.25) is 0 Å². The first-order chi connectivity index (χ1) is 8.06. The minimum atomic E-state index is -0.108. The van der Waals surface area contributed by atoms with Gasteiger partial charge in [-0.05, 0) is 23.6 Å². The minimum absolute atomic E-state index is 0.0576. The van der Waals surface area contributed by atoms with Crippen molar-refractivity contribution in [2.24, 2.45) is 5.92 Å². The average Bonchev–Trinajstić information content (AvgIpc) is 2.29. The van der Waals surface area contributed by atoms with Crippen molar-refractivity contribution < 1.29 is 4.79 Å². The van der Waals surface area contributed by atoms with Crippen molar-refractivity contribution in [3.05, 3.63) is 47.0 Å². The maximum Gasteiger partial charge on any atom is 0.228 e. The highest BCUT2D eigenvalue weighted by atomic mass is 79.9. The van der Waals surface area contributed by atoms with Gasteiger partial charge in [-0.2, -0.15) is 0 Å². The van der Waals surface area contributed by atoms with Crippen LogP contribution in [0.4, 0.5) is 0 Å². The van der Waals surface area contributed by atoms with E-state index in [0.717, 1.165) is 10.0 Å². The molecule has 1 unspecified atom stereocenters. The Bertz CT molecular complexity index is 384. The van der Waals surface area contributed by atoms with Crippen molar-refractivity contribution in [1.82, 2.24) is 5.32 Å². The van der Waals surface area contributed by atoms with Gasteiger partial charge in [-0.3, -0.25) is 4.79 Å². The Kier molecular flexibility index (Phi) is 5.42. The average molecular weight is 296 g/mol. The molecule has 1 amide bonds. The van der Waals surface area contributed by atoms with E-state index >= 15 is 0 Å². The zero-order valence-electron chi connectivity index (χ0n) is 10.2. The molecule has 17 heavy (non-hydrogen) atoms. The maximum atomic E-state index is 12.1. The van der Waals surface area contributed by atoms with E-state index in [9.17, 15) is 4.79 Å². The number of carbonyl (C=O) groups excluding carboxylic acids is 1. The summed E-state index contributed by atoms with van der Waals surface area (Å²) in [6.07, 6.45) is 1.69. The molecule has 0 aliphatic heterocycles. The summed E-state index contributed by atoms with van der Waals surface area (Å²) in [6.45, 7) is 8.22. The first kappa shape index (κ1) is 14.0. The molecule has 0 saturated heterocycles. The number of carbonyl (C=O) groups is 1. The van der Waals surface area contributed by atoms with Crippen LogP contribution in [0.25, 0.3) is 0 Å². The minimum Gasteiger partial charge on any atom is -0.352 e. The van der Waals surface area contributed by atoms with Gasteiger partial charge in [0.05, 0.1) is 5.92 Å². The van der Waals surface area contributed by atoms with Crippen LogP contribution < -0.4 is 5.32 Å². The van der Waals surface area contributed by atoms with E-state index < -0.39 is 0 Å². The van der Waals surface area contributed by atoms with Gasteiger partial charge in [-0.1, -0.05) is 48.0 Å². The third-order valence-corrected chi connectivity index (χ3v) is 3.13. The van der Waals surface area contributed by atoms with Crippen LogP contribution >= 0.6 is 15.9 Å². The largest absolute Gasteiger partial charge is 0.352 e. The van der Waals surface area contributed by atoms with Gasteiger partial charge in [0.1, 0.15) is 0 Å². The quantitative estimate of drug-likeness (QED) is 0.828. The number of halogens is 1. The van der Waals surface area contributed by atoms with Gasteiger partial charge in [0.25, 0.3) is 0 Å². The van der Waals surface area contributed by atoms with Crippen LogP contribution in [0.5, 0.6) is 0 Å². The summed E-state index contributed by atoms with van der Waals surface area (Å²) in [5.74, 6) is 0.214. The van der Waals surface area contributed by atoms with Crippen molar-refractivity contribution in [3.8, 4) is 0 Å². The second-order valence-electron chi connectivity index (χ2n) is 4.31. The molecule has 0 fully saturated rings. The molecule has 0 spiro atoms. The van der Waals surface area contributed by atoms with E-state index in [1.54, 1.807) is 6.08 Å². The molecule has 1 atom stereocenters. The fraction of sp³-hybridized carbons (Fsp3) is 0.357. The van der Waals surface area contributed by atoms with Gasteiger partial charge in [-0.15, -0.1) is 6.58 Å². The lowest BCUT2D eigenvalue weighted by molar-refractivity contribution is -0.123. The zero-order chi connectivity index (χ0) is 12.8. The molecule has 1 aromatic carbocycles. The summed E-state index contributed by atoms with van der Waals surface area (Å²) in [4.78, 5) is 12.1. The first-order valence-electron chi connectivity index (χ1n) is 5.70.